The molecule has 1 aromatic carbocycles. The van der Waals surface area contributed by atoms with Crippen molar-refractivity contribution in [1.29, 1.82) is 0 Å². The average Bonchev–Trinajstić information content (AvgIpc) is 2.80. The lowest BCUT2D eigenvalue weighted by atomic mass is 10.3. The van der Waals surface area contributed by atoms with Gasteiger partial charge in [0.1, 0.15) is 0 Å². The fourth-order valence-corrected chi connectivity index (χ4v) is 1.42. The third-order valence-corrected chi connectivity index (χ3v) is 2.33. The Morgan fingerprint density at radius 3 is 2.73 bits per heavy atom. The van der Waals surface area contributed by atoms with Crippen LogP contribution in [-0.4, -0.2) is 28.6 Å². The smallest absolute Gasteiger partial charge is 0.0692 e. The van der Waals surface area contributed by atoms with Crippen LogP contribution in [0.25, 0.3) is 0 Å². The first kappa shape index (κ1) is 9.71. The summed E-state index contributed by atoms with van der Waals surface area (Å²) in [6, 6.07) is 10.3. The van der Waals surface area contributed by atoms with E-state index in [0.29, 0.717) is 0 Å². The van der Waals surface area contributed by atoms with E-state index in [9.17, 15) is 0 Å². The molecular formula is C11H14N4. The minimum atomic E-state index is 0.853. The zero-order chi connectivity index (χ0) is 10.5. The molecule has 0 amide bonds. The van der Waals surface area contributed by atoms with Crippen molar-refractivity contribution in [3.63, 3.8) is 0 Å². The molecule has 0 aliphatic heterocycles. The van der Waals surface area contributed by atoms with E-state index in [-0.39, 0.29) is 0 Å². The topological polar surface area (TPSA) is 34.0 Å². The van der Waals surface area contributed by atoms with E-state index in [1.54, 1.807) is 6.20 Å². The average molecular weight is 202 g/mol. The molecule has 78 valence electrons. The molecule has 0 unspecified atom stereocenters. The van der Waals surface area contributed by atoms with Crippen molar-refractivity contribution in [2.24, 2.45) is 0 Å². The molecule has 0 saturated carbocycles. The number of anilines is 1. The highest BCUT2D eigenvalue weighted by molar-refractivity contribution is 5.44. The van der Waals surface area contributed by atoms with Gasteiger partial charge in [-0.3, -0.25) is 4.68 Å². The normalized spacial score (nSPS) is 10.2. The summed E-state index contributed by atoms with van der Waals surface area (Å²) >= 11 is 0. The van der Waals surface area contributed by atoms with E-state index < -0.39 is 0 Å². The van der Waals surface area contributed by atoms with E-state index in [0.717, 1.165) is 13.1 Å². The van der Waals surface area contributed by atoms with Gasteiger partial charge in [0.25, 0.3) is 0 Å². The number of likely N-dealkylation sites (N-methyl/N-ethyl adjacent to an activating group) is 1. The first-order valence-corrected chi connectivity index (χ1v) is 4.96. The Kier molecular flexibility index (Phi) is 2.97. The highest BCUT2D eigenvalue weighted by Gasteiger charge is 1.99. The zero-order valence-corrected chi connectivity index (χ0v) is 8.74. The van der Waals surface area contributed by atoms with Crippen molar-refractivity contribution >= 4 is 5.69 Å². The zero-order valence-electron chi connectivity index (χ0n) is 8.74. The Morgan fingerprint density at radius 2 is 2.07 bits per heavy atom. The summed E-state index contributed by atoms with van der Waals surface area (Å²) in [6.07, 6.45) is 3.57. The summed E-state index contributed by atoms with van der Waals surface area (Å²) in [4.78, 5) is 2.20. The second-order valence-electron chi connectivity index (χ2n) is 3.42. The van der Waals surface area contributed by atoms with Crippen molar-refractivity contribution in [1.82, 2.24) is 15.0 Å². The third-order valence-electron chi connectivity index (χ3n) is 2.33. The molecule has 2 rings (SSSR count). The first-order valence-electron chi connectivity index (χ1n) is 4.96. The molecule has 1 aromatic heterocycles. The van der Waals surface area contributed by atoms with Crippen LogP contribution in [0.3, 0.4) is 0 Å². The summed E-state index contributed by atoms with van der Waals surface area (Å²) < 4.78 is 1.83. The Hall–Kier alpha value is -1.84. The summed E-state index contributed by atoms with van der Waals surface area (Å²) in [7, 11) is 2.08. The number of para-hydroxylation sites is 1. The molecule has 0 aliphatic carbocycles. The summed E-state index contributed by atoms with van der Waals surface area (Å²) in [5.74, 6) is 0. The van der Waals surface area contributed by atoms with E-state index in [4.69, 9.17) is 0 Å². The fraction of sp³-hybridized carbons (Fsp3) is 0.273. The summed E-state index contributed by atoms with van der Waals surface area (Å²) in [5.41, 5.74) is 1.22. The van der Waals surface area contributed by atoms with E-state index in [1.165, 1.54) is 5.69 Å². The van der Waals surface area contributed by atoms with Gasteiger partial charge < -0.3 is 4.90 Å². The van der Waals surface area contributed by atoms with Gasteiger partial charge >= 0.3 is 0 Å². The van der Waals surface area contributed by atoms with Crippen LogP contribution >= 0.6 is 0 Å². The minimum Gasteiger partial charge on any atom is -0.373 e. The molecule has 0 saturated heterocycles. The van der Waals surface area contributed by atoms with Crippen molar-refractivity contribution in [2.45, 2.75) is 6.54 Å². The largest absolute Gasteiger partial charge is 0.373 e. The molecule has 0 bridgehead atoms. The van der Waals surface area contributed by atoms with Crippen molar-refractivity contribution in [3.8, 4) is 0 Å². The number of benzene rings is 1. The quantitative estimate of drug-likeness (QED) is 0.751. The predicted molar refractivity (Wildman–Crippen MR) is 59.7 cm³/mol. The van der Waals surface area contributed by atoms with Gasteiger partial charge in [-0.2, -0.15) is 0 Å². The second-order valence-corrected chi connectivity index (χ2v) is 3.42. The number of nitrogens with zero attached hydrogens (tertiary/aromatic N) is 4. The number of aromatic nitrogens is 3. The van der Waals surface area contributed by atoms with Crippen molar-refractivity contribution in [2.75, 3.05) is 18.5 Å². The first-order chi connectivity index (χ1) is 7.36. The lowest BCUT2D eigenvalue weighted by Crippen LogP contribution is -2.22. The van der Waals surface area contributed by atoms with Crippen LogP contribution in [0, 0.1) is 0 Å². The maximum absolute atomic E-state index is 3.92. The van der Waals surface area contributed by atoms with Gasteiger partial charge in [-0.05, 0) is 12.1 Å². The van der Waals surface area contributed by atoms with Gasteiger partial charge in [-0.25, -0.2) is 0 Å². The van der Waals surface area contributed by atoms with E-state index in [2.05, 4.69) is 34.4 Å². The Balaban J connectivity index is 1.90. The van der Waals surface area contributed by atoms with Gasteiger partial charge in [0.15, 0.2) is 0 Å². The molecule has 1 heterocycles. The van der Waals surface area contributed by atoms with Gasteiger partial charge in [0, 0.05) is 25.5 Å². The van der Waals surface area contributed by atoms with Gasteiger partial charge in [-0.1, -0.05) is 23.4 Å². The van der Waals surface area contributed by atoms with Crippen LogP contribution in [0.15, 0.2) is 42.7 Å². The van der Waals surface area contributed by atoms with E-state index >= 15 is 0 Å². The molecule has 4 heteroatoms. The summed E-state index contributed by atoms with van der Waals surface area (Å²) in [5, 5.41) is 7.69. The lowest BCUT2D eigenvalue weighted by Gasteiger charge is -2.18. The van der Waals surface area contributed by atoms with Crippen LogP contribution in [0.5, 0.6) is 0 Å². The second kappa shape index (κ2) is 4.59. The van der Waals surface area contributed by atoms with Crippen LogP contribution in [0.2, 0.25) is 0 Å². The lowest BCUT2D eigenvalue weighted by molar-refractivity contribution is 0.587. The Morgan fingerprint density at radius 1 is 1.27 bits per heavy atom. The maximum Gasteiger partial charge on any atom is 0.0692 e. The number of rotatable bonds is 4. The predicted octanol–water partition coefficient (Wildman–Crippen LogP) is 1.41. The number of hydrogen-bond donors (Lipinski definition) is 0. The van der Waals surface area contributed by atoms with Crippen molar-refractivity contribution in [3.05, 3.63) is 42.7 Å². The van der Waals surface area contributed by atoms with Gasteiger partial charge in [0.2, 0.25) is 0 Å². The third kappa shape index (κ3) is 2.56. The van der Waals surface area contributed by atoms with Crippen LogP contribution < -0.4 is 4.90 Å². The van der Waals surface area contributed by atoms with Crippen LogP contribution in [-0.2, 0) is 6.54 Å². The van der Waals surface area contributed by atoms with Crippen molar-refractivity contribution < 1.29 is 0 Å². The Labute approximate surface area is 89.1 Å². The molecule has 0 fully saturated rings. The fourth-order valence-electron chi connectivity index (χ4n) is 1.42. The highest BCUT2D eigenvalue weighted by Crippen LogP contribution is 2.10. The maximum atomic E-state index is 3.92. The highest BCUT2D eigenvalue weighted by atomic mass is 15.4. The molecule has 0 aliphatic rings. The van der Waals surface area contributed by atoms with Gasteiger partial charge in [0.05, 0.1) is 12.7 Å². The Bertz CT molecular complexity index is 382. The minimum absolute atomic E-state index is 0.853. The molecule has 0 radical (unpaired) electrons. The van der Waals surface area contributed by atoms with Crippen LogP contribution in [0.1, 0.15) is 0 Å². The monoisotopic (exact) mass is 202 g/mol. The van der Waals surface area contributed by atoms with E-state index in [1.807, 2.05) is 29.1 Å². The molecule has 0 atom stereocenters. The standard InChI is InChI=1S/C11H14N4/c1-14(11-5-3-2-4-6-11)9-10-15-8-7-12-13-15/h2-8H,9-10H2,1H3. The molecule has 15 heavy (non-hydrogen) atoms. The molecule has 0 spiro atoms. The van der Waals surface area contributed by atoms with Crippen LogP contribution in [0.4, 0.5) is 5.69 Å². The molecule has 2 aromatic rings. The molecule has 4 nitrogen and oxygen atoms in total. The SMILES string of the molecule is CN(CCn1ccnn1)c1ccccc1. The molecule has 0 N–H and O–H groups in total. The molecular weight excluding hydrogens is 188 g/mol. The summed E-state index contributed by atoms with van der Waals surface area (Å²) in [6.45, 7) is 1.78. The number of hydrogen-bond acceptors (Lipinski definition) is 3. The van der Waals surface area contributed by atoms with Gasteiger partial charge in [-0.15, -0.1) is 5.10 Å².